The molecule has 1 amide bonds. The van der Waals surface area contributed by atoms with Gasteiger partial charge in [-0.3, -0.25) is 14.5 Å². The summed E-state index contributed by atoms with van der Waals surface area (Å²) in [5.74, 6) is -1.59. The summed E-state index contributed by atoms with van der Waals surface area (Å²) in [5, 5.41) is 11.7. The maximum absolute atomic E-state index is 13.5. The van der Waals surface area contributed by atoms with E-state index in [2.05, 4.69) is 18.8 Å². The monoisotopic (exact) mass is 548 g/mol. The molecule has 0 bridgehead atoms. The topological polar surface area (TPSA) is 106 Å². The Morgan fingerprint density at radius 2 is 1.82 bits per heavy atom. The summed E-state index contributed by atoms with van der Waals surface area (Å²) in [6.07, 6.45) is 0.855. The summed E-state index contributed by atoms with van der Waals surface area (Å²) in [6, 6.07) is 11.8. The van der Waals surface area contributed by atoms with Gasteiger partial charge in [-0.2, -0.15) is 0 Å². The van der Waals surface area contributed by atoms with Crippen molar-refractivity contribution in [1.82, 2.24) is 4.98 Å². The van der Waals surface area contributed by atoms with E-state index in [1.54, 1.807) is 25.1 Å². The van der Waals surface area contributed by atoms with E-state index in [1.165, 1.54) is 12.0 Å². The van der Waals surface area contributed by atoms with Crippen molar-refractivity contribution in [1.29, 1.82) is 0 Å². The van der Waals surface area contributed by atoms with Crippen LogP contribution >= 0.6 is 11.3 Å². The number of carbonyl (C=O) groups excluding carboxylic acids is 3. The highest BCUT2D eigenvalue weighted by Crippen LogP contribution is 2.44. The SMILES string of the molecule is CCCOc1ccc(/C(O)=C2\C(=O)C(=O)N(c3nc(C)c(C(=O)OC)s3)C2c2ccc(C(C)C)cc2)c(C)c1. The molecule has 1 unspecified atom stereocenters. The van der Waals surface area contributed by atoms with Crippen LogP contribution in [-0.4, -0.2) is 41.5 Å². The normalized spacial score (nSPS) is 16.7. The highest BCUT2D eigenvalue weighted by atomic mass is 32.1. The first kappa shape index (κ1) is 28.0. The van der Waals surface area contributed by atoms with E-state index >= 15 is 0 Å². The maximum Gasteiger partial charge on any atom is 0.350 e. The predicted molar refractivity (Wildman–Crippen MR) is 150 cm³/mol. The van der Waals surface area contributed by atoms with Crippen molar-refractivity contribution >= 4 is 39.9 Å². The smallest absolute Gasteiger partial charge is 0.350 e. The molecular weight excluding hydrogens is 516 g/mol. The lowest BCUT2D eigenvalue weighted by molar-refractivity contribution is -0.132. The average Bonchev–Trinajstić information content (AvgIpc) is 3.43. The zero-order chi connectivity index (χ0) is 28.4. The van der Waals surface area contributed by atoms with Gasteiger partial charge < -0.3 is 14.6 Å². The van der Waals surface area contributed by atoms with Gasteiger partial charge in [0, 0.05) is 5.56 Å². The molecule has 1 N–H and O–H groups in total. The number of aliphatic hydroxyl groups excluding tert-OH is 1. The van der Waals surface area contributed by atoms with Gasteiger partial charge in [0.25, 0.3) is 5.78 Å². The molecule has 204 valence electrons. The van der Waals surface area contributed by atoms with E-state index in [4.69, 9.17) is 9.47 Å². The summed E-state index contributed by atoms with van der Waals surface area (Å²) in [7, 11) is 1.27. The number of nitrogens with zero attached hydrogens (tertiary/aromatic N) is 2. The van der Waals surface area contributed by atoms with Crippen molar-refractivity contribution < 1.29 is 29.0 Å². The quantitative estimate of drug-likeness (QED) is 0.157. The maximum atomic E-state index is 13.5. The van der Waals surface area contributed by atoms with Crippen LogP contribution in [0.5, 0.6) is 5.75 Å². The standard InChI is InChI=1S/C30H32N2O6S/c1-7-14-38-21-12-13-22(17(4)15-21)25(33)23-24(20-10-8-19(9-11-20)16(2)3)32(28(35)26(23)34)30-31-18(5)27(39-30)29(36)37-6/h8-13,15-16,24,33H,7,14H2,1-6H3/b25-23+. The third-order valence-corrected chi connectivity index (χ3v) is 7.79. The Morgan fingerprint density at radius 1 is 1.13 bits per heavy atom. The van der Waals surface area contributed by atoms with Crippen LogP contribution < -0.4 is 9.64 Å². The number of amides is 1. The van der Waals surface area contributed by atoms with Crippen molar-refractivity contribution in [2.24, 2.45) is 0 Å². The first-order valence-corrected chi connectivity index (χ1v) is 13.6. The number of carbonyl (C=O) groups is 3. The van der Waals surface area contributed by atoms with Gasteiger partial charge >= 0.3 is 11.9 Å². The lowest BCUT2D eigenvalue weighted by Crippen LogP contribution is -2.29. The molecule has 3 aromatic rings. The van der Waals surface area contributed by atoms with Gasteiger partial charge in [-0.15, -0.1) is 0 Å². The minimum absolute atomic E-state index is 0.0462. The van der Waals surface area contributed by atoms with E-state index in [0.29, 0.717) is 34.7 Å². The highest BCUT2D eigenvalue weighted by molar-refractivity contribution is 7.17. The molecule has 1 atom stereocenters. The molecule has 8 nitrogen and oxygen atoms in total. The number of anilines is 1. The van der Waals surface area contributed by atoms with E-state index in [1.807, 2.05) is 38.1 Å². The Morgan fingerprint density at radius 3 is 2.41 bits per heavy atom. The van der Waals surface area contributed by atoms with E-state index in [9.17, 15) is 19.5 Å². The Balaban J connectivity index is 1.90. The fourth-order valence-corrected chi connectivity index (χ4v) is 5.54. The van der Waals surface area contributed by atoms with Gasteiger partial charge in [-0.05, 0) is 61.1 Å². The van der Waals surface area contributed by atoms with Crippen LogP contribution in [0.4, 0.5) is 5.13 Å². The van der Waals surface area contributed by atoms with Crippen LogP contribution in [0.2, 0.25) is 0 Å². The van der Waals surface area contributed by atoms with Crippen LogP contribution in [-0.2, 0) is 14.3 Å². The van der Waals surface area contributed by atoms with Gasteiger partial charge in [-0.25, -0.2) is 9.78 Å². The Labute approximate surface area is 231 Å². The second kappa shape index (κ2) is 11.4. The van der Waals surface area contributed by atoms with Gasteiger partial charge in [0.15, 0.2) is 5.13 Å². The number of ether oxygens (including phenoxy) is 2. The first-order chi connectivity index (χ1) is 18.6. The lowest BCUT2D eigenvalue weighted by atomic mass is 9.92. The number of benzene rings is 2. The zero-order valence-electron chi connectivity index (χ0n) is 22.9. The van der Waals surface area contributed by atoms with Crippen molar-refractivity contribution in [3.05, 3.63) is 80.9 Å². The van der Waals surface area contributed by atoms with Gasteiger partial charge in [-0.1, -0.05) is 56.4 Å². The molecular formula is C30H32N2O6S. The van der Waals surface area contributed by atoms with E-state index < -0.39 is 23.7 Å². The molecule has 1 saturated heterocycles. The second-order valence-electron chi connectivity index (χ2n) is 9.72. The number of esters is 1. The van der Waals surface area contributed by atoms with Crippen LogP contribution in [0, 0.1) is 13.8 Å². The van der Waals surface area contributed by atoms with Crippen molar-refractivity contribution in [3.8, 4) is 5.75 Å². The third-order valence-electron chi connectivity index (χ3n) is 6.65. The molecule has 2 heterocycles. The Bertz CT molecular complexity index is 1450. The predicted octanol–water partition coefficient (Wildman–Crippen LogP) is 6.09. The summed E-state index contributed by atoms with van der Waals surface area (Å²) in [5.41, 5.74) is 3.18. The summed E-state index contributed by atoms with van der Waals surface area (Å²) < 4.78 is 10.6. The molecule has 1 aliphatic rings. The largest absolute Gasteiger partial charge is 0.507 e. The van der Waals surface area contributed by atoms with E-state index in [0.717, 1.165) is 23.3 Å². The number of hydrogen-bond donors (Lipinski definition) is 1. The van der Waals surface area contributed by atoms with Crippen LogP contribution in [0.3, 0.4) is 0 Å². The van der Waals surface area contributed by atoms with Gasteiger partial charge in [0.1, 0.15) is 16.4 Å². The Hall–Kier alpha value is -3.98. The molecule has 0 saturated carbocycles. The molecule has 9 heteroatoms. The third kappa shape index (κ3) is 5.31. The van der Waals surface area contributed by atoms with Crippen LogP contribution in [0.25, 0.3) is 5.76 Å². The molecule has 39 heavy (non-hydrogen) atoms. The lowest BCUT2D eigenvalue weighted by Gasteiger charge is -2.23. The van der Waals surface area contributed by atoms with Gasteiger partial charge in [0.2, 0.25) is 0 Å². The Kier molecular flexibility index (Phi) is 8.20. The number of aromatic nitrogens is 1. The molecule has 0 spiro atoms. The highest BCUT2D eigenvalue weighted by Gasteiger charge is 2.48. The molecule has 2 aromatic carbocycles. The first-order valence-electron chi connectivity index (χ1n) is 12.8. The molecule has 1 aromatic heterocycles. The average molecular weight is 549 g/mol. The number of aryl methyl sites for hydroxylation is 2. The second-order valence-corrected chi connectivity index (χ2v) is 10.7. The number of thiazole rings is 1. The zero-order valence-corrected chi connectivity index (χ0v) is 23.7. The number of aliphatic hydroxyl groups is 1. The fraction of sp³-hybridized carbons (Fsp3) is 0.333. The number of hydrogen-bond acceptors (Lipinski definition) is 8. The molecule has 1 aliphatic heterocycles. The molecule has 1 fully saturated rings. The minimum Gasteiger partial charge on any atom is -0.507 e. The minimum atomic E-state index is -0.947. The number of Topliss-reactive ketones (excluding diaryl/α,β-unsaturated/α-hetero) is 1. The fourth-order valence-electron chi connectivity index (χ4n) is 4.53. The molecule has 0 aliphatic carbocycles. The summed E-state index contributed by atoms with van der Waals surface area (Å²) in [6.45, 7) is 10.2. The molecule has 4 rings (SSSR count). The van der Waals surface area contributed by atoms with E-state index in [-0.39, 0.29) is 27.3 Å². The van der Waals surface area contributed by atoms with Crippen molar-refractivity contribution in [3.63, 3.8) is 0 Å². The van der Waals surface area contributed by atoms with Crippen LogP contribution in [0.15, 0.2) is 48.0 Å². The van der Waals surface area contributed by atoms with Crippen molar-refractivity contribution in [2.75, 3.05) is 18.6 Å². The van der Waals surface area contributed by atoms with Crippen LogP contribution in [0.1, 0.15) is 76.8 Å². The number of ketones is 1. The summed E-state index contributed by atoms with van der Waals surface area (Å²) in [4.78, 5) is 45.2. The van der Waals surface area contributed by atoms with Crippen molar-refractivity contribution in [2.45, 2.75) is 53.0 Å². The number of methoxy groups -OCH3 is 1. The van der Waals surface area contributed by atoms with Gasteiger partial charge in [0.05, 0.1) is 31.0 Å². The summed E-state index contributed by atoms with van der Waals surface area (Å²) >= 11 is 0.970. The number of rotatable bonds is 8. The molecule has 0 radical (unpaired) electrons.